The van der Waals surface area contributed by atoms with E-state index in [1.165, 1.54) is 0 Å². The number of hydrogen-bond acceptors (Lipinski definition) is 3. The number of carbonyl (C=O) groups is 1. The molecule has 0 aliphatic rings. The van der Waals surface area contributed by atoms with Crippen LogP contribution in [0.25, 0.3) is 11.3 Å². The van der Waals surface area contributed by atoms with Crippen LogP contribution in [0.4, 0.5) is 4.79 Å². The highest BCUT2D eigenvalue weighted by atomic mass is 16.4. The summed E-state index contributed by atoms with van der Waals surface area (Å²) in [4.78, 5) is 10.5. The van der Waals surface area contributed by atoms with Gasteiger partial charge in [-0.25, -0.2) is 9.48 Å². The Labute approximate surface area is 133 Å². The molecule has 0 fully saturated rings. The number of benzene rings is 2. The van der Waals surface area contributed by atoms with Crippen molar-refractivity contribution in [3.63, 3.8) is 0 Å². The van der Waals surface area contributed by atoms with Gasteiger partial charge in [0.15, 0.2) is 0 Å². The SMILES string of the molecule is O=C(O)NCc1ccc(-c2cnnn2Cc2ccccc2)cc1. The van der Waals surface area contributed by atoms with Crippen molar-refractivity contribution in [1.82, 2.24) is 20.3 Å². The van der Waals surface area contributed by atoms with E-state index >= 15 is 0 Å². The molecule has 0 aliphatic carbocycles. The zero-order chi connectivity index (χ0) is 16.1. The van der Waals surface area contributed by atoms with E-state index in [1.54, 1.807) is 6.20 Å². The van der Waals surface area contributed by atoms with E-state index in [9.17, 15) is 4.79 Å². The molecule has 0 bridgehead atoms. The summed E-state index contributed by atoms with van der Waals surface area (Å²) in [6.07, 6.45) is 0.701. The highest BCUT2D eigenvalue weighted by molar-refractivity contribution is 5.64. The van der Waals surface area contributed by atoms with Crippen molar-refractivity contribution in [2.24, 2.45) is 0 Å². The minimum absolute atomic E-state index is 0.289. The molecule has 2 N–H and O–H groups in total. The van der Waals surface area contributed by atoms with Gasteiger partial charge in [0.05, 0.1) is 18.4 Å². The Kier molecular flexibility index (Phi) is 4.33. The van der Waals surface area contributed by atoms with Crippen LogP contribution in [0.5, 0.6) is 0 Å². The molecule has 1 aromatic heterocycles. The molecule has 0 saturated heterocycles. The molecule has 0 unspecified atom stereocenters. The van der Waals surface area contributed by atoms with Crippen LogP contribution in [0.3, 0.4) is 0 Å². The normalized spacial score (nSPS) is 10.4. The Morgan fingerprint density at radius 1 is 1.04 bits per heavy atom. The predicted molar refractivity (Wildman–Crippen MR) is 85.9 cm³/mol. The quantitative estimate of drug-likeness (QED) is 0.759. The molecule has 6 nitrogen and oxygen atoms in total. The fourth-order valence-electron chi connectivity index (χ4n) is 2.33. The molecule has 3 aromatic rings. The van der Waals surface area contributed by atoms with E-state index in [0.717, 1.165) is 22.4 Å². The minimum atomic E-state index is -1.03. The summed E-state index contributed by atoms with van der Waals surface area (Å²) >= 11 is 0. The van der Waals surface area contributed by atoms with Gasteiger partial charge in [0.25, 0.3) is 0 Å². The van der Waals surface area contributed by atoms with Gasteiger partial charge in [0.1, 0.15) is 0 Å². The maximum atomic E-state index is 10.5. The lowest BCUT2D eigenvalue weighted by atomic mass is 10.1. The molecule has 1 amide bonds. The van der Waals surface area contributed by atoms with Gasteiger partial charge in [0.2, 0.25) is 0 Å². The van der Waals surface area contributed by atoms with Gasteiger partial charge in [-0.15, -0.1) is 5.10 Å². The van der Waals surface area contributed by atoms with Crippen LogP contribution in [-0.4, -0.2) is 26.2 Å². The molecule has 23 heavy (non-hydrogen) atoms. The Morgan fingerprint density at radius 3 is 2.48 bits per heavy atom. The predicted octanol–water partition coefficient (Wildman–Crippen LogP) is 2.76. The molecule has 1 heterocycles. The van der Waals surface area contributed by atoms with E-state index in [1.807, 2.05) is 59.3 Å². The summed E-state index contributed by atoms with van der Waals surface area (Å²) in [6.45, 7) is 0.940. The van der Waals surface area contributed by atoms with Gasteiger partial charge in [-0.1, -0.05) is 59.8 Å². The Hall–Kier alpha value is -3.15. The number of amides is 1. The van der Waals surface area contributed by atoms with Crippen molar-refractivity contribution in [3.8, 4) is 11.3 Å². The van der Waals surface area contributed by atoms with Crippen LogP contribution < -0.4 is 5.32 Å². The van der Waals surface area contributed by atoms with Crippen LogP contribution in [0.15, 0.2) is 60.8 Å². The fourth-order valence-corrected chi connectivity index (χ4v) is 2.33. The highest BCUT2D eigenvalue weighted by Crippen LogP contribution is 2.19. The van der Waals surface area contributed by atoms with Gasteiger partial charge >= 0.3 is 6.09 Å². The molecule has 0 aliphatic heterocycles. The molecule has 2 aromatic carbocycles. The molecule has 0 atom stereocenters. The Balaban J connectivity index is 1.77. The van der Waals surface area contributed by atoms with E-state index < -0.39 is 6.09 Å². The Bertz CT molecular complexity index is 782. The topological polar surface area (TPSA) is 80.0 Å². The highest BCUT2D eigenvalue weighted by Gasteiger charge is 2.07. The van der Waals surface area contributed by atoms with E-state index in [-0.39, 0.29) is 6.54 Å². The molecular formula is C17H16N4O2. The molecule has 3 rings (SSSR count). The Morgan fingerprint density at radius 2 is 1.78 bits per heavy atom. The van der Waals surface area contributed by atoms with Crippen LogP contribution in [0, 0.1) is 0 Å². The number of hydrogen-bond donors (Lipinski definition) is 2. The third-order valence-corrected chi connectivity index (χ3v) is 3.49. The summed E-state index contributed by atoms with van der Waals surface area (Å²) in [5, 5.41) is 19.1. The summed E-state index contributed by atoms with van der Waals surface area (Å²) in [5.41, 5.74) is 3.97. The third kappa shape index (κ3) is 3.74. The average molecular weight is 308 g/mol. The fraction of sp³-hybridized carbons (Fsp3) is 0.118. The summed E-state index contributed by atoms with van der Waals surface area (Å²) in [5.74, 6) is 0. The second-order valence-electron chi connectivity index (χ2n) is 5.12. The first-order valence-electron chi connectivity index (χ1n) is 7.21. The lowest BCUT2D eigenvalue weighted by molar-refractivity contribution is 0.194. The summed E-state index contributed by atoms with van der Waals surface area (Å²) in [7, 11) is 0. The van der Waals surface area contributed by atoms with Crippen molar-refractivity contribution in [2.45, 2.75) is 13.1 Å². The lowest BCUT2D eigenvalue weighted by Gasteiger charge is -2.07. The van der Waals surface area contributed by atoms with Crippen LogP contribution in [-0.2, 0) is 13.1 Å². The number of rotatable bonds is 5. The van der Waals surface area contributed by atoms with Crippen molar-refractivity contribution in [3.05, 3.63) is 71.9 Å². The largest absolute Gasteiger partial charge is 0.465 e. The number of nitrogens with zero attached hydrogens (tertiary/aromatic N) is 3. The van der Waals surface area contributed by atoms with Gasteiger partial charge < -0.3 is 10.4 Å². The van der Waals surface area contributed by atoms with E-state index in [2.05, 4.69) is 15.6 Å². The van der Waals surface area contributed by atoms with Gasteiger partial charge in [-0.05, 0) is 11.1 Å². The monoisotopic (exact) mass is 308 g/mol. The van der Waals surface area contributed by atoms with Gasteiger partial charge in [0, 0.05) is 12.1 Å². The molecule has 0 radical (unpaired) electrons. The molecular weight excluding hydrogens is 292 g/mol. The zero-order valence-corrected chi connectivity index (χ0v) is 12.4. The first kappa shape index (κ1) is 14.8. The number of nitrogens with one attached hydrogen (secondary N) is 1. The van der Waals surface area contributed by atoms with Crippen LogP contribution >= 0.6 is 0 Å². The smallest absolute Gasteiger partial charge is 0.404 e. The molecule has 0 saturated carbocycles. The maximum absolute atomic E-state index is 10.5. The third-order valence-electron chi connectivity index (χ3n) is 3.49. The van der Waals surface area contributed by atoms with Gasteiger partial charge in [-0.3, -0.25) is 0 Å². The standard InChI is InChI=1S/C17H16N4O2/c22-17(23)18-10-13-6-8-15(9-7-13)16-11-19-20-21(16)12-14-4-2-1-3-5-14/h1-9,11,18H,10,12H2,(H,22,23). The second-order valence-corrected chi connectivity index (χ2v) is 5.12. The summed E-state index contributed by atoms with van der Waals surface area (Å²) in [6, 6.07) is 17.7. The number of aromatic nitrogens is 3. The van der Waals surface area contributed by atoms with Crippen molar-refractivity contribution in [1.29, 1.82) is 0 Å². The van der Waals surface area contributed by atoms with E-state index in [4.69, 9.17) is 5.11 Å². The first-order chi connectivity index (χ1) is 11.2. The van der Waals surface area contributed by atoms with Crippen molar-refractivity contribution in [2.75, 3.05) is 0 Å². The number of carboxylic acid groups (broad SMARTS) is 1. The maximum Gasteiger partial charge on any atom is 0.404 e. The molecule has 0 spiro atoms. The van der Waals surface area contributed by atoms with E-state index in [0.29, 0.717) is 6.54 Å². The lowest BCUT2D eigenvalue weighted by Crippen LogP contribution is -2.19. The molecule has 6 heteroatoms. The van der Waals surface area contributed by atoms with Crippen LogP contribution in [0.1, 0.15) is 11.1 Å². The van der Waals surface area contributed by atoms with Crippen molar-refractivity contribution >= 4 is 6.09 Å². The average Bonchev–Trinajstić information content (AvgIpc) is 3.02. The first-order valence-corrected chi connectivity index (χ1v) is 7.21. The van der Waals surface area contributed by atoms with Crippen LogP contribution in [0.2, 0.25) is 0 Å². The summed E-state index contributed by atoms with van der Waals surface area (Å²) < 4.78 is 1.85. The zero-order valence-electron chi connectivity index (χ0n) is 12.4. The van der Waals surface area contributed by atoms with Gasteiger partial charge in [-0.2, -0.15) is 0 Å². The molecule has 116 valence electrons. The second kappa shape index (κ2) is 6.74. The van der Waals surface area contributed by atoms with Crippen molar-refractivity contribution < 1.29 is 9.90 Å². The minimum Gasteiger partial charge on any atom is -0.465 e.